The minimum absolute atomic E-state index is 0.00992. The van der Waals surface area contributed by atoms with E-state index in [1.165, 1.54) is 14.0 Å². The maximum atomic E-state index is 11.9. The molecule has 0 unspecified atom stereocenters. The van der Waals surface area contributed by atoms with Crippen LogP contribution in [0.5, 0.6) is 0 Å². The van der Waals surface area contributed by atoms with Gasteiger partial charge in [0, 0.05) is 23.0 Å². The highest BCUT2D eigenvalue weighted by atomic mass is 16.5. The van der Waals surface area contributed by atoms with E-state index in [-0.39, 0.29) is 5.78 Å². The molecular formula is C21H20N4O3. The maximum absolute atomic E-state index is 11.9. The fraction of sp³-hybridized carbons (Fsp3) is 0.143. The van der Waals surface area contributed by atoms with Gasteiger partial charge in [0.05, 0.1) is 18.4 Å². The first-order valence-corrected chi connectivity index (χ1v) is 8.64. The van der Waals surface area contributed by atoms with Crippen LogP contribution in [-0.4, -0.2) is 28.8 Å². The van der Waals surface area contributed by atoms with Gasteiger partial charge in [-0.25, -0.2) is 9.78 Å². The average Bonchev–Trinajstić information content (AvgIpc) is 2.67. The van der Waals surface area contributed by atoms with Crippen LogP contribution in [-0.2, 0) is 4.74 Å². The molecule has 0 spiro atoms. The van der Waals surface area contributed by atoms with Crippen LogP contribution in [0.25, 0.3) is 0 Å². The molecule has 3 aromatic rings. The molecule has 0 aliphatic carbocycles. The van der Waals surface area contributed by atoms with Crippen LogP contribution < -0.4 is 10.6 Å². The summed E-state index contributed by atoms with van der Waals surface area (Å²) in [6, 6.07) is 15.9. The predicted molar refractivity (Wildman–Crippen MR) is 108 cm³/mol. The van der Waals surface area contributed by atoms with Crippen molar-refractivity contribution in [2.75, 3.05) is 17.7 Å². The van der Waals surface area contributed by atoms with E-state index in [1.54, 1.807) is 48.5 Å². The van der Waals surface area contributed by atoms with E-state index in [2.05, 4.69) is 20.6 Å². The number of benzene rings is 2. The second-order valence-electron chi connectivity index (χ2n) is 6.14. The standard InChI is InChI=1S/C21H20N4O3/c1-13-11-19(23-16-8-6-7-15(12-16)14(2)26)25-21(22-13)24-18-10-5-4-9-17(18)20(27)28-3/h4-12H,1-3H3,(H2,22,23,24,25). The van der Waals surface area contributed by atoms with Crippen molar-refractivity contribution in [2.45, 2.75) is 13.8 Å². The van der Waals surface area contributed by atoms with Gasteiger partial charge >= 0.3 is 5.97 Å². The zero-order valence-electron chi connectivity index (χ0n) is 15.8. The summed E-state index contributed by atoms with van der Waals surface area (Å²) < 4.78 is 4.81. The molecule has 0 atom stereocenters. The number of methoxy groups -OCH3 is 1. The lowest BCUT2D eigenvalue weighted by atomic mass is 10.1. The van der Waals surface area contributed by atoms with Crippen molar-refractivity contribution in [1.82, 2.24) is 9.97 Å². The lowest BCUT2D eigenvalue weighted by molar-refractivity contribution is 0.0601. The number of rotatable bonds is 6. The molecule has 0 aliphatic rings. The van der Waals surface area contributed by atoms with Crippen LogP contribution in [0.15, 0.2) is 54.6 Å². The molecule has 0 bridgehead atoms. The molecule has 0 saturated heterocycles. The SMILES string of the molecule is COC(=O)c1ccccc1Nc1nc(C)cc(Nc2cccc(C(C)=O)c2)n1. The number of carbonyl (C=O) groups is 2. The fourth-order valence-corrected chi connectivity index (χ4v) is 2.65. The van der Waals surface area contributed by atoms with Crippen LogP contribution in [0, 0.1) is 6.92 Å². The number of anilines is 4. The number of nitrogens with one attached hydrogen (secondary N) is 2. The highest BCUT2D eigenvalue weighted by Crippen LogP contribution is 2.22. The highest BCUT2D eigenvalue weighted by molar-refractivity contribution is 5.96. The van der Waals surface area contributed by atoms with E-state index in [0.29, 0.717) is 28.6 Å². The number of carbonyl (C=O) groups excluding carboxylic acids is 2. The quantitative estimate of drug-likeness (QED) is 0.490. The Morgan fingerprint density at radius 3 is 2.50 bits per heavy atom. The van der Waals surface area contributed by atoms with Crippen LogP contribution in [0.1, 0.15) is 33.3 Å². The molecular weight excluding hydrogens is 356 g/mol. The number of ether oxygens (including phenoxy) is 1. The van der Waals surface area contributed by atoms with Crippen molar-refractivity contribution in [3.05, 3.63) is 71.4 Å². The molecule has 1 heterocycles. The Hall–Kier alpha value is -3.74. The minimum atomic E-state index is -0.449. The van der Waals surface area contributed by atoms with Gasteiger partial charge in [-0.1, -0.05) is 24.3 Å². The van der Waals surface area contributed by atoms with Crippen molar-refractivity contribution < 1.29 is 14.3 Å². The van der Waals surface area contributed by atoms with E-state index < -0.39 is 5.97 Å². The maximum Gasteiger partial charge on any atom is 0.339 e. The summed E-state index contributed by atoms with van der Waals surface area (Å²) in [5.74, 6) is 0.437. The minimum Gasteiger partial charge on any atom is -0.465 e. The summed E-state index contributed by atoms with van der Waals surface area (Å²) in [6.45, 7) is 3.37. The summed E-state index contributed by atoms with van der Waals surface area (Å²) >= 11 is 0. The first-order valence-electron chi connectivity index (χ1n) is 8.64. The first-order chi connectivity index (χ1) is 13.5. The van der Waals surface area contributed by atoms with E-state index in [1.807, 2.05) is 13.0 Å². The van der Waals surface area contributed by atoms with E-state index >= 15 is 0 Å². The Labute approximate surface area is 162 Å². The van der Waals surface area contributed by atoms with Crippen molar-refractivity contribution in [2.24, 2.45) is 0 Å². The first kappa shape index (κ1) is 19.0. The molecule has 0 saturated carbocycles. The number of esters is 1. The molecule has 0 radical (unpaired) electrons. The van der Waals surface area contributed by atoms with Gasteiger partial charge in [-0.15, -0.1) is 0 Å². The fourth-order valence-electron chi connectivity index (χ4n) is 2.65. The molecule has 7 nitrogen and oxygen atoms in total. The third-order valence-electron chi connectivity index (χ3n) is 3.97. The highest BCUT2D eigenvalue weighted by Gasteiger charge is 2.13. The van der Waals surface area contributed by atoms with Gasteiger partial charge in [0.15, 0.2) is 5.78 Å². The molecule has 7 heteroatoms. The lowest BCUT2D eigenvalue weighted by Gasteiger charge is -2.12. The van der Waals surface area contributed by atoms with Crippen LogP contribution in [0.4, 0.5) is 23.1 Å². The van der Waals surface area contributed by atoms with Gasteiger partial charge in [-0.05, 0) is 38.1 Å². The Kier molecular flexibility index (Phi) is 5.64. The molecule has 0 amide bonds. The molecule has 28 heavy (non-hydrogen) atoms. The second-order valence-corrected chi connectivity index (χ2v) is 6.14. The number of ketones is 1. The molecule has 0 aliphatic heterocycles. The predicted octanol–water partition coefficient (Wildman–Crippen LogP) is 4.26. The third-order valence-corrected chi connectivity index (χ3v) is 3.97. The Balaban J connectivity index is 1.88. The monoisotopic (exact) mass is 376 g/mol. The lowest BCUT2D eigenvalue weighted by Crippen LogP contribution is -2.08. The zero-order chi connectivity index (χ0) is 20.1. The molecule has 1 aromatic heterocycles. The summed E-state index contributed by atoms with van der Waals surface area (Å²) in [6.07, 6.45) is 0. The van der Waals surface area contributed by atoms with Gasteiger partial charge in [-0.3, -0.25) is 4.79 Å². The number of aryl methyl sites for hydroxylation is 1. The number of para-hydroxylation sites is 1. The van der Waals surface area contributed by atoms with Crippen LogP contribution >= 0.6 is 0 Å². The normalized spacial score (nSPS) is 10.2. The van der Waals surface area contributed by atoms with Crippen molar-refractivity contribution in [3.63, 3.8) is 0 Å². The summed E-state index contributed by atoms with van der Waals surface area (Å²) in [7, 11) is 1.33. The van der Waals surface area contributed by atoms with Crippen LogP contribution in [0.3, 0.4) is 0 Å². The number of aromatic nitrogens is 2. The van der Waals surface area contributed by atoms with Gasteiger partial charge in [-0.2, -0.15) is 4.98 Å². The Morgan fingerprint density at radius 1 is 0.964 bits per heavy atom. The van der Waals surface area contributed by atoms with Gasteiger partial charge in [0.2, 0.25) is 5.95 Å². The number of Topliss-reactive ketones (excluding diaryl/α,β-unsaturated/α-hetero) is 1. The Morgan fingerprint density at radius 2 is 1.75 bits per heavy atom. The topological polar surface area (TPSA) is 93.2 Å². The molecule has 0 fully saturated rings. The summed E-state index contributed by atoms with van der Waals surface area (Å²) in [5.41, 5.74) is 3.02. The smallest absolute Gasteiger partial charge is 0.339 e. The number of hydrogen-bond donors (Lipinski definition) is 2. The molecule has 142 valence electrons. The van der Waals surface area contributed by atoms with Crippen molar-refractivity contribution >= 4 is 34.9 Å². The number of nitrogens with zero attached hydrogens (tertiary/aromatic N) is 2. The second kappa shape index (κ2) is 8.30. The third kappa shape index (κ3) is 4.50. The van der Waals surface area contributed by atoms with Crippen molar-refractivity contribution in [1.29, 1.82) is 0 Å². The van der Waals surface area contributed by atoms with E-state index in [4.69, 9.17) is 4.74 Å². The average molecular weight is 376 g/mol. The molecule has 3 rings (SSSR count). The zero-order valence-corrected chi connectivity index (χ0v) is 15.8. The van der Waals surface area contributed by atoms with E-state index in [9.17, 15) is 9.59 Å². The van der Waals surface area contributed by atoms with Gasteiger partial charge < -0.3 is 15.4 Å². The summed E-state index contributed by atoms with van der Waals surface area (Å²) in [4.78, 5) is 32.3. The Bertz CT molecular complexity index is 1030. The largest absolute Gasteiger partial charge is 0.465 e. The summed E-state index contributed by atoms with van der Waals surface area (Å²) in [5, 5.41) is 6.25. The van der Waals surface area contributed by atoms with E-state index in [0.717, 1.165) is 11.4 Å². The molecule has 2 N–H and O–H groups in total. The number of hydrogen-bond acceptors (Lipinski definition) is 7. The van der Waals surface area contributed by atoms with Gasteiger partial charge in [0.25, 0.3) is 0 Å². The van der Waals surface area contributed by atoms with Crippen molar-refractivity contribution in [3.8, 4) is 0 Å². The van der Waals surface area contributed by atoms with Crippen LogP contribution in [0.2, 0.25) is 0 Å². The molecule has 2 aromatic carbocycles. The van der Waals surface area contributed by atoms with Gasteiger partial charge in [0.1, 0.15) is 5.82 Å².